The summed E-state index contributed by atoms with van der Waals surface area (Å²) in [7, 11) is 0. The molecule has 2 rings (SSSR count). The molecular formula is C16H14ClF2NO2. The van der Waals surface area contributed by atoms with Crippen LogP contribution in [0.3, 0.4) is 0 Å². The van der Waals surface area contributed by atoms with Crippen molar-refractivity contribution in [1.82, 2.24) is 0 Å². The lowest BCUT2D eigenvalue weighted by Gasteiger charge is -2.17. The molecule has 0 fully saturated rings. The van der Waals surface area contributed by atoms with E-state index in [4.69, 9.17) is 16.3 Å². The number of anilines is 1. The number of benzene rings is 2. The number of carbonyl (C=O) groups is 1. The minimum Gasteiger partial charge on any atom is -0.478 e. The average Bonchev–Trinajstić information content (AvgIpc) is 2.50. The smallest absolute Gasteiger partial charge is 0.265 e. The fourth-order valence-corrected chi connectivity index (χ4v) is 1.99. The normalized spacial score (nSPS) is 11.8. The zero-order valence-corrected chi connectivity index (χ0v) is 12.5. The monoisotopic (exact) mass is 325 g/mol. The topological polar surface area (TPSA) is 38.3 Å². The number of hydrogen-bond donors (Lipinski definition) is 1. The van der Waals surface area contributed by atoms with E-state index in [0.717, 1.165) is 6.07 Å². The third-order valence-corrected chi connectivity index (χ3v) is 3.25. The van der Waals surface area contributed by atoms with Crippen LogP contribution in [0.15, 0.2) is 42.5 Å². The molecule has 0 aliphatic rings. The highest BCUT2D eigenvalue weighted by Gasteiger charge is 2.20. The quantitative estimate of drug-likeness (QED) is 0.884. The van der Waals surface area contributed by atoms with Gasteiger partial charge in [0.2, 0.25) is 0 Å². The number of nitrogens with one attached hydrogen (secondary N) is 1. The molecule has 1 unspecified atom stereocenters. The summed E-state index contributed by atoms with van der Waals surface area (Å²) < 4.78 is 32.0. The Balaban J connectivity index is 2.08. The molecule has 2 aromatic rings. The maximum absolute atomic E-state index is 13.6. The van der Waals surface area contributed by atoms with Crippen LogP contribution in [0.2, 0.25) is 5.02 Å². The summed E-state index contributed by atoms with van der Waals surface area (Å²) in [6, 6.07) is 9.67. The number of hydrogen-bond acceptors (Lipinski definition) is 2. The molecule has 0 saturated carbocycles. The highest BCUT2D eigenvalue weighted by Crippen LogP contribution is 2.21. The lowest BCUT2D eigenvalue weighted by Crippen LogP contribution is -2.32. The molecule has 22 heavy (non-hydrogen) atoms. The van der Waals surface area contributed by atoms with Crippen LogP contribution >= 0.6 is 11.6 Å². The van der Waals surface area contributed by atoms with Crippen LogP contribution in [-0.4, -0.2) is 12.0 Å². The average molecular weight is 326 g/mol. The van der Waals surface area contributed by atoms with Crippen LogP contribution in [0.1, 0.15) is 13.3 Å². The van der Waals surface area contributed by atoms with Gasteiger partial charge in [-0.1, -0.05) is 30.7 Å². The van der Waals surface area contributed by atoms with E-state index in [1.54, 1.807) is 13.0 Å². The summed E-state index contributed by atoms with van der Waals surface area (Å²) in [5, 5.41) is 2.47. The predicted octanol–water partition coefficient (Wildman–Crippen LogP) is 4.41. The maximum atomic E-state index is 13.6. The summed E-state index contributed by atoms with van der Waals surface area (Å²) in [6.45, 7) is 1.74. The van der Waals surface area contributed by atoms with Crippen LogP contribution < -0.4 is 10.1 Å². The molecular weight excluding hydrogens is 312 g/mol. The number of carbonyl (C=O) groups excluding carboxylic acids is 1. The van der Waals surface area contributed by atoms with E-state index >= 15 is 0 Å². The molecule has 0 bridgehead atoms. The fraction of sp³-hybridized carbons (Fsp3) is 0.188. The van der Waals surface area contributed by atoms with Crippen molar-refractivity contribution in [2.24, 2.45) is 0 Å². The van der Waals surface area contributed by atoms with E-state index in [1.165, 1.54) is 30.3 Å². The molecule has 0 saturated heterocycles. The van der Waals surface area contributed by atoms with E-state index in [9.17, 15) is 13.6 Å². The Bertz CT molecular complexity index is 679. The van der Waals surface area contributed by atoms with Crippen molar-refractivity contribution in [3.63, 3.8) is 0 Å². The summed E-state index contributed by atoms with van der Waals surface area (Å²) in [5.74, 6) is -1.58. The van der Waals surface area contributed by atoms with Crippen LogP contribution in [0.5, 0.6) is 5.75 Å². The van der Waals surface area contributed by atoms with Crippen LogP contribution in [0, 0.1) is 11.6 Å². The van der Waals surface area contributed by atoms with Gasteiger partial charge in [0.05, 0.1) is 5.02 Å². The van der Waals surface area contributed by atoms with Crippen molar-refractivity contribution in [1.29, 1.82) is 0 Å². The molecule has 2 aromatic carbocycles. The molecule has 0 aromatic heterocycles. The first-order valence-corrected chi connectivity index (χ1v) is 7.06. The summed E-state index contributed by atoms with van der Waals surface area (Å²) in [4.78, 5) is 12.2. The molecule has 0 heterocycles. The first kappa shape index (κ1) is 16.2. The molecule has 0 aliphatic heterocycles. The van der Waals surface area contributed by atoms with Crippen molar-refractivity contribution in [2.45, 2.75) is 19.4 Å². The zero-order valence-electron chi connectivity index (χ0n) is 11.8. The Morgan fingerprint density at radius 3 is 2.59 bits per heavy atom. The van der Waals surface area contributed by atoms with E-state index < -0.39 is 23.6 Å². The van der Waals surface area contributed by atoms with E-state index in [2.05, 4.69) is 5.32 Å². The minimum absolute atomic E-state index is 0.00152. The van der Waals surface area contributed by atoms with Gasteiger partial charge in [-0.3, -0.25) is 4.79 Å². The molecule has 6 heteroatoms. The molecule has 1 atom stereocenters. The maximum Gasteiger partial charge on any atom is 0.265 e. The summed E-state index contributed by atoms with van der Waals surface area (Å²) in [6.07, 6.45) is -0.532. The van der Waals surface area contributed by atoms with Gasteiger partial charge in [-0.2, -0.15) is 0 Å². The fourth-order valence-electron chi connectivity index (χ4n) is 1.81. The SMILES string of the molecule is CCC(Oc1ccccc1F)C(=O)Nc1ccc(F)c(Cl)c1. The predicted molar refractivity (Wildman–Crippen MR) is 81.1 cm³/mol. The van der Waals surface area contributed by atoms with Gasteiger partial charge in [0.25, 0.3) is 5.91 Å². The Kier molecular flexibility index (Phi) is 5.33. The highest BCUT2D eigenvalue weighted by molar-refractivity contribution is 6.31. The molecule has 1 amide bonds. The van der Waals surface area contributed by atoms with E-state index in [-0.39, 0.29) is 10.8 Å². The van der Waals surface area contributed by atoms with Crippen molar-refractivity contribution >= 4 is 23.2 Å². The Labute approximate surface area is 131 Å². The number of halogens is 3. The first-order chi connectivity index (χ1) is 10.5. The Morgan fingerprint density at radius 2 is 1.95 bits per heavy atom. The second-order valence-electron chi connectivity index (χ2n) is 4.56. The van der Waals surface area contributed by atoms with Gasteiger partial charge in [-0.05, 0) is 36.8 Å². The third-order valence-electron chi connectivity index (χ3n) is 2.96. The number of para-hydroxylation sites is 1. The largest absolute Gasteiger partial charge is 0.478 e. The van der Waals surface area contributed by atoms with Gasteiger partial charge < -0.3 is 10.1 Å². The van der Waals surface area contributed by atoms with Gasteiger partial charge in [0.1, 0.15) is 5.82 Å². The van der Waals surface area contributed by atoms with Crippen LogP contribution in [0.4, 0.5) is 14.5 Å². The van der Waals surface area contributed by atoms with Gasteiger partial charge in [-0.15, -0.1) is 0 Å². The lowest BCUT2D eigenvalue weighted by atomic mass is 10.2. The van der Waals surface area contributed by atoms with E-state index in [1.807, 2.05) is 0 Å². The van der Waals surface area contributed by atoms with Crippen molar-refractivity contribution in [3.05, 3.63) is 59.1 Å². The number of rotatable bonds is 5. The summed E-state index contributed by atoms with van der Waals surface area (Å²) >= 11 is 5.65. The molecule has 0 aliphatic carbocycles. The van der Waals surface area contributed by atoms with Gasteiger partial charge in [-0.25, -0.2) is 8.78 Å². The standard InChI is InChI=1S/C16H14ClF2NO2/c1-2-14(22-15-6-4-3-5-13(15)19)16(21)20-10-7-8-12(18)11(17)9-10/h3-9,14H,2H2,1H3,(H,20,21). The number of ether oxygens (including phenoxy) is 1. The molecule has 0 spiro atoms. The second-order valence-corrected chi connectivity index (χ2v) is 4.97. The van der Waals surface area contributed by atoms with Crippen LogP contribution in [-0.2, 0) is 4.79 Å². The third kappa shape index (κ3) is 3.95. The Hall–Kier alpha value is -2.14. The molecule has 0 radical (unpaired) electrons. The Morgan fingerprint density at radius 1 is 1.23 bits per heavy atom. The second kappa shape index (κ2) is 7.22. The summed E-state index contributed by atoms with van der Waals surface area (Å²) in [5.41, 5.74) is 0.340. The van der Waals surface area contributed by atoms with Crippen molar-refractivity contribution in [2.75, 3.05) is 5.32 Å². The van der Waals surface area contributed by atoms with Crippen molar-refractivity contribution < 1.29 is 18.3 Å². The van der Waals surface area contributed by atoms with Gasteiger partial charge in [0, 0.05) is 5.69 Å². The van der Waals surface area contributed by atoms with E-state index in [0.29, 0.717) is 12.1 Å². The number of amides is 1. The van der Waals surface area contributed by atoms with Gasteiger partial charge in [0.15, 0.2) is 17.7 Å². The first-order valence-electron chi connectivity index (χ1n) is 6.68. The minimum atomic E-state index is -0.874. The zero-order chi connectivity index (χ0) is 16.1. The van der Waals surface area contributed by atoms with Crippen molar-refractivity contribution in [3.8, 4) is 5.75 Å². The lowest BCUT2D eigenvalue weighted by molar-refractivity contribution is -0.122. The molecule has 1 N–H and O–H groups in total. The molecule has 116 valence electrons. The highest BCUT2D eigenvalue weighted by atomic mass is 35.5. The van der Waals surface area contributed by atoms with Crippen LogP contribution in [0.25, 0.3) is 0 Å². The molecule has 3 nitrogen and oxygen atoms in total. The van der Waals surface area contributed by atoms with Gasteiger partial charge >= 0.3 is 0 Å².